The van der Waals surface area contributed by atoms with Crippen LogP contribution < -0.4 is 4.90 Å². The summed E-state index contributed by atoms with van der Waals surface area (Å²) in [4.78, 5) is 9.10. The summed E-state index contributed by atoms with van der Waals surface area (Å²) in [6.45, 7) is 4.62. The molecule has 0 amide bonds. The van der Waals surface area contributed by atoms with Crippen LogP contribution in [0.15, 0.2) is 43.1 Å². The van der Waals surface area contributed by atoms with Gasteiger partial charge in [0, 0.05) is 31.4 Å². The van der Waals surface area contributed by atoms with E-state index in [-0.39, 0.29) is 0 Å². The lowest BCUT2D eigenvalue weighted by Gasteiger charge is -2.40. The zero-order valence-electron chi connectivity index (χ0n) is 18.1. The van der Waals surface area contributed by atoms with E-state index >= 15 is 0 Å². The summed E-state index contributed by atoms with van der Waals surface area (Å²) in [5, 5.41) is 34.4. The monoisotopic (exact) mass is 447 g/mol. The molecule has 1 atom stereocenters. The highest BCUT2D eigenvalue weighted by atomic mass is 16.3. The first-order valence-electron chi connectivity index (χ1n) is 11.2. The molecule has 2 aliphatic rings. The van der Waals surface area contributed by atoms with E-state index in [0.717, 1.165) is 56.0 Å². The largest absolute Gasteiger partial charge is 0.387 e. The molecular formula is C21H25N11O. The molecule has 1 spiro atoms. The van der Waals surface area contributed by atoms with E-state index in [1.54, 1.807) is 17.0 Å². The molecule has 0 saturated carbocycles. The normalized spacial score (nSPS) is 19.5. The van der Waals surface area contributed by atoms with Gasteiger partial charge in [0.15, 0.2) is 11.5 Å². The molecule has 33 heavy (non-hydrogen) atoms. The first kappa shape index (κ1) is 20.1. The molecule has 4 aromatic rings. The lowest BCUT2D eigenvalue weighted by atomic mass is 9.77. The van der Waals surface area contributed by atoms with Crippen LogP contribution in [0.2, 0.25) is 0 Å². The Bertz CT molecular complexity index is 1210. The van der Waals surface area contributed by atoms with Crippen LogP contribution in [0, 0.1) is 5.41 Å². The van der Waals surface area contributed by atoms with Gasteiger partial charge in [0.05, 0.1) is 6.10 Å². The second-order valence-electron chi connectivity index (χ2n) is 9.02. The summed E-state index contributed by atoms with van der Waals surface area (Å²) in [6, 6.07) is 7.70. The summed E-state index contributed by atoms with van der Waals surface area (Å²) in [5.74, 6) is 1.61. The second-order valence-corrected chi connectivity index (χ2v) is 9.02. The van der Waals surface area contributed by atoms with Gasteiger partial charge in [-0.25, -0.2) is 4.98 Å². The molecule has 4 aromatic heterocycles. The van der Waals surface area contributed by atoms with Crippen LogP contribution >= 0.6 is 0 Å². The minimum Gasteiger partial charge on any atom is -0.387 e. The highest BCUT2D eigenvalue weighted by molar-refractivity contribution is 5.46. The predicted octanol–water partition coefficient (Wildman–Crippen LogP) is 0.521. The third kappa shape index (κ3) is 3.91. The van der Waals surface area contributed by atoms with Gasteiger partial charge in [-0.2, -0.15) is 9.20 Å². The lowest BCUT2D eigenvalue weighted by molar-refractivity contribution is 0.0650. The molecule has 2 aliphatic heterocycles. The number of β-amino-alcohol motifs (C(OH)–C–C–N with tert-alkyl or cyclic N) is 1. The van der Waals surface area contributed by atoms with Gasteiger partial charge in [0.25, 0.3) is 0 Å². The van der Waals surface area contributed by atoms with Gasteiger partial charge in [0.1, 0.15) is 18.5 Å². The van der Waals surface area contributed by atoms with Crippen molar-refractivity contribution in [3.8, 4) is 5.82 Å². The molecule has 0 aromatic carbocycles. The maximum Gasteiger partial charge on any atom is 0.177 e. The summed E-state index contributed by atoms with van der Waals surface area (Å²) < 4.78 is 3.22. The Morgan fingerprint density at radius 1 is 0.970 bits per heavy atom. The average molecular weight is 448 g/mol. The van der Waals surface area contributed by atoms with Crippen molar-refractivity contribution in [1.29, 1.82) is 0 Å². The molecule has 6 heterocycles. The Kier molecular flexibility index (Phi) is 4.95. The lowest BCUT2D eigenvalue weighted by Crippen LogP contribution is -2.43. The summed E-state index contributed by atoms with van der Waals surface area (Å²) in [5.41, 5.74) is 1.88. The summed E-state index contributed by atoms with van der Waals surface area (Å²) >= 11 is 0. The number of pyridine rings is 1. The Morgan fingerprint density at radius 2 is 1.82 bits per heavy atom. The SMILES string of the molecule is OC(CN1CCC2(CC1)CCN(c1ccc3nncn3n1)C2)c1ccc(-n2cnnn2)nc1. The van der Waals surface area contributed by atoms with Crippen molar-refractivity contribution in [2.24, 2.45) is 5.41 Å². The molecule has 0 aliphatic carbocycles. The van der Waals surface area contributed by atoms with Gasteiger partial charge < -0.3 is 14.9 Å². The topological polar surface area (TPSA) is 126 Å². The second kappa shape index (κ2) is 8.12. The van der Waals surface area contributed by atoms with Crippen LogP contribution in [0.4, 0.5) is 5.82 Å². The number of nitrogens with zero attached hydrogens (tertiary/aromatic N) is 11. The minimum atomic E-state index is -0.575. The van der Waals surface area contributed by atoms with Crippen LogP contribution in [0.25, 0.3) is 11.5 Å². The third-order valence-electron chi connectivity index (χ3n) is 7.00. The van der Waals surface area contributed by atoms with Gasteiger partial charge in [-0.3, -0.25) is 0 Å². The number of aliphatic hydroxyl groups excluding tert-OH is 1. The number of aliphatic hydroxyl groups is 1. The number of likely N-dealkylation sites (tertiary alicyclic amines) is 1. The molecule has 12 nitrogen and oxygen atoms in total. The molecule has 0 bridgehead atoms. The summed E-state index contributed by atoms with van der Waals surface area (Å²) in [7, 11) is 0. The molecular weight excluding hydrogens is 422 g/mol. The van der Waals surface area contributed by atoms with E-state index in [4.69, 9.17) is 0 Å². The molecule has 1 unspecified atom stereocenters. The molecule has 6 rings (SSSR count). The number of hydrogen-bond donors (Lipinski definition) is 1. The molecule has 12 heteroatoms. The predicted molar refractivity (Wildman–Crippen MR) is 118 cm³/mol. The van der Waals surface area contributed by atoms with E-state index in [1.165, 1.54) is 17.4 Å². The fourth-order valence-electron chi connectivity index (χ4n) is 4.98. The molecule has 1 N–H and O–H groups in total. The molecule has 2 saturated heterocycles. The Morgan fingerprint density at radius 3 is 2.61 bits per heavy atom. The van der Waals surface area contributed by atoms with E-state index in [1.807, 2.05) is 24.3 Å². The zero-order valence-corrected chi connectivity index (χ0v) is 18.1. The van der Waals surface area contributed by atoms with Crippen molar-refractivity contribution in [3.63, 3.8) is 0 Å². The number of fused-ring (bicyclic) bond motifs is 1. The van der Waals surface area contributed by atoms with Gasteiger partial charge in [-0.1, -0.05) is 6.07 Å². The Hall–Kier alpha value is -3.51. The standard InChI is InChI=1S/C21H25N11O/c33-17(16-1-2-18(22-11-16)32-15-24-27-28-32)12-29-8-5-21(6-9-29)7-10-30(13-21)20-4-3-19-25-23-14-31(19)26-20/h1-4,11,14-15,17,33H,5-10,12-13H2. The molecule has 0 radical (unpaired) electrons. The number of piperidine rings is 1. The number of anilines is 1. The van der Waals surface area contributed by atoms with E-state index in [0.29, 0.717) is 17.8 Å². The van der Waals surface area contributed by atoms with Gasteiger partial charge >= 0.3 is 0 Å². The van der Waals surface area contributed by atoms with E-state index < -0.39 is 6.10 Å². The van der Waals surface area contributed by atoms with Crippen LogP contribution in [0.5, 0.6) is 0 Å². The fourth-order valence-corrected chi connectivity index (χ4v) is 4.98. The first-order valence-corrected chi connectivity index (χ1v) is 11.2. The van der Waals surface area contributed by atoms with Crippen molar-refractivity contribution in [1.82, 2.24) is 49.9 Å². The van der Waals surface area contributed by atoms with Crippen molar-refractivity contribution < 1.29 is 5.11 Å². The first-order chi connectivity index (χ1) is 16.2. The van der Waals surface area contributed by atoms with Crippen molar-refractivity contribution >= 4 is 11.5 Å². The quantitative estimate of drug-likeness (QED) is 0.463. The minimum absolute atomic E-state index is 0.320. The summed E-state index contributed by atoms with van der Waals surface area (Å²) in [6.07, 6.45) is 7.69. The maximum absolute atomic E-state index is 10.8. The van der Waals surface area contributed by atoms with Crippen LogP contribution in [-0.4, -0.2) is 87.7 Å². The van der Waals surface area contributed by atoms with Gasteiger partial charge in [-0.15, -0.1) is 20.4 Å². The van der Waals surface area contributed by atoms with Crippen molar-refractivity contribution in [2.75, 3.05) is 37.6 Å². The number of aromatic nitrogens is 9. The molecule has 2 fully saturated rings. The maximum atomic E-state index is 10.8. The highest BCUT2D eigenvalue weighted by Crippen LogP contribution is 2.41. The number of rotatable bonds is 5. The number of tetrazole rings is 1. The average Bonchev–Trinajstić information content (AvgIpc) is 3.62. The fraction of sp³-hybridized carbons (Fsp3) is 0.476. The van der Waals surface area contributed by atoms with Crippen LogP contribution in [0.3, 0.4) is 0 Å². The molecule has 170 valence electrons. The Balaban J connectivity index is 1.04. The van der Waals surface area contributed by atoms with Gasteiger partial charge in [-0.05, 0) is 66.4 Å². The van der Waals surface area contributed by atoms with Crippen LogP contribution in [0.1, 0.15) is 30.9 Å². The van der Waals surface area contributed by atoms with Gasteiger partial charge in [0.2, 0.25) is 0 Å². The Labute approximate surface area is 189 Å². The zero-order chi connectivity index (χ0) is 22.3. The van der Waals surface area contributed by atoms with Crippen molar-refractivity contribution in [2.45, 2.75) is 25.4 Å². The number of hydrogen-bond acceptors (Lipinski definition) is 10. The highest BCUT2D eigenvalue weighted by Gasteiger charge is 2.41. The van der Waals surface area contributed by atoms with Crippen LogP contribution in [-0.2, 0) is 0 Å². The van der Waals surface area contributed by atoms with E-state index in [2.05, 4.69) is 45.6 Å². The van der Waals surface area contributed by atoms with Crippen molar-refractivity contribution in [3.05, 3.63) is 48.7 Å². The smallest absolute Gasteiger partial charge is 0.177 e. The van der Waals surface area contributed by atoms with E-state index in [9.17, 15) is 5.11 Å². The third-order valence-corrected chi connectivity index (χ3v) is 7.00.